The van der Waals surface area contributed by atoms with Crippen molar-refractivity contribution in [3.63, 3.8) is 0 Å². The Morgan fingerprint density at radius 3 is 2.16 bits per heavy atom. The molecule has 1 amide bonds. The Balaban J connectivity index is 1.85. The summed E-state index contributed by atoms with van der Waals surface area (Å²) >= 11 is 0. The molecule has 31 heavy (non-hydrogen) atoms. The Morgan fingerprint density at radius 1 is 0.903 bits per heavy atom. The molecule has 0 saturated heterocycles. The summed E-state index contributed by atoms with van der Waals surface area (Å²) in [6.07, 6.45) is 3.04. The van der Waals surface area contributed by atoms with Crippen LogP contribution in [-0.2, 0) is 25.4 Å². The molecule has 9 heteroatoms. The summed E-state index contributed by atoms with van der Waals surface area (Å²) in [7, 11) is 0. The zero-order chi connectivity index (χ0) is 22.2. The molecule has 0 aliphatic carbocycles. The van der Waals surface area contributed by atoms with Gasteiger partial charge in [0.25, 0.3) is 0 Å². The quantitative estimate of drug-likeness (QED) is 0.503. The summed E-state index contributed by atoms with van der Waals surface area (Å²) in [5, 5.41) is 2.90. The van der Waals surface area contributed by atoms with Crippen LogP contribution in [0.25, 0.3) is 0 Å². The van der Waals surface area contributed by atoms with Gasteiger partial charge >= 0.3 is 0 Å². The summed E-state index contributed by atoms with van der Waals surface area (Å²) < 4.78 is 28.1. The molecule has 1 aromatic rings. The minimum absolute atomic E-state index is 0.132. The molecule has 1 aromatic carbocycles. The summed E-state index contributed by atoms with van der Waals surface area (Å²) in [4.78, 5) is 12.1. The smallest absolute Gasteiger partial charge is 0.236 e. The van der Waals surface area contributed by atoms with E-state index in [1.807, 2.05) is 18.2 Å². The van der Waals surface area contributed by atoms with Crippen molar-refractivity contribution in [2.75, 3.05) is 65.9 Å². The van der Waals surface area contributed by atoms with E-state index in [9.17, 15) is 4.79 Å². The van der Waals surface area contributed by atoms with Crippen molar-refractivity contribution in [1.82, 2.24) is 5.32 Å². The van der Waals surface area contributed by atoms with Crippen LogP contribution >= 0.6 is 0 Å². The molecule has 0 bridgehead atoms. The first kappa shape index (κ1) is 25.4. The highest BCUT2D eigenvalue weighted by atomic mass is 16.6. The number of benzene rings is 1. The van der Waals surface area contributed by atoms with Crippen LogP contribution in [0.2, 0.25) is 0 Å². The van der Waals surface area contributed by atoms with E-state index in [0.29, 0.717) is 90.3 Å². The van der Waals surface area contributed by atoms with E-state index in [1.165, 1.54) is 0 Å². The lowest BCUT2D eigenvalue weighted by molar-refractivity contribution is -0.122. The lowest BCUT2D eigenvalue weighted by atomic mass is 10.1. The summed E-state index contributed by atoms with van der Waals surface area (Å²) in [6.45, 7) is 4.98. The van der Waals surface area contributed by atoms with Crippen molar-refractivity contribution >= 4 is 5.91 Å². The second-order valence-corrected chi connectivity index (χ2v) is 7.25. The Labute approximate surface area is 184 Å². The number of carbonyl (C=O) groups is 1. The maximum absolute atomic E-state index is 12.1. The molecule has 0 spiro atoms. The highest BCUT2D eigenvalue weighted by molar-refractivity contribution is 5.81. The van der Waals surface area contributed by atoms with E-state index < -0.39 is 6.04 Å². The van der Waals surface area contributed by atoms with Gasteiger partial charge in [0.15, 0.2) is 11.5 Å². The van der Waals surface area contributed by atoms with Crippen molar-refractivity contribution in [3.8, 4) is 11.5 Å². The average molecular weight is 440 g/mol. The first-order chi connectivity index (χ1) is 15.2. The molecule has 0 radical (unpaired) electrons. The number of carbonyl (C=O) groups excluding carboxylic acids is 1. The molecule has 1 aliphatic heterocycles. The number of amides is 1. The Bertz CT molecular complexity index is 631. The second kappa shape index (κ2) is 15.8. The first-order valence-electron chi connectivity index (χ1n) is 11.1. The molecule has 5 N–H and O–H groups in total. The monoisotopic (exact) mass is 439 g/mol. The van der Waals surface area contributed by atoms with Gasteiger partial charge < -0.3 is 40.5 Å². The standard InChI is InChI=1S/C22H37N3O6/c23-7-2-1-3-19(24)22(26)25-8-6-18-4-5-20-21(17-18)31-16-14-29-12-10-27-9-11-28-13-15-30-20/h4-5,17,19H,1-3,6-16,23-24H2,(H,25,26). The van der Waals surface area contributed by atoms with Crippen LogP contribution in [-0.4, -0.2) is 77.9 Å². The van der Waals surface area contributed by atoms with Gasteiger partial charge in [0.05, 0.1) is 45.7 Å². The van der Waals surface area contributed by atoms with E-state index in [4.69, 9.17) is 35.2 Å². The summed E-state index contributed by atoms with van der Waals surface area (Å²) in [5.74, 6) is 1.17. The molecule has 9 nitrogen and oxygen atoms in total. The Hall–Kier alpha value is -1.91. The fourth-order valence-electron chi connectivity index (χ4n) is 3.00. The predicted octanol–water partition coefficient (Wildman–Crippen LogP) is 0.623. The van der Waals surface area contributed by atoms with Gasteiger partial charge in [0, 0.05) is 6.54 Å². The average Bonchev–Trinajstić information content (AvgIpc) is 2.78. The van der Waals surface area contributed by atoms with Crippen LogP contribution in [0, 0.1) is 0 Å². The topological polar surface area (TPSA) is 127 Å². The van der Waals surface area contributed by atoms with E-state index in [1.54, 1.807) is 0 Å². The number of rotatable bonds is 8. The lowest BCUT2D eigenvalue weighted by Crippen LogP contribution is -2.41. The van der Waals surface area contributed by atoms with Crippen LogP contribution in [0.15, 0.2) is 18.2 Å². The van der Waals surface area contributed by atoms with Gasteiger partial charge in [-0.05, 0) is 43.5 Å². The van der Waals surface area contributed by atoms with Gasteiger partial charge in [-0.15, -0.1) is 0 Å². The molecule has 1 aliphatic rings. The number of fused-ring (bicyclic) bond motifs is 1. The van der Waals surface area contributed by atoms with Gasteiger partial charge in [-0.3, -0.25) is 4.79 Å². The zero-order valence-electron chi connectivity index (χ0n) is 18.3. The van der Waals surface area contributed by atoms with Crippen molar-refractivity contribution in [1.29, 1.82) is 0 Å². The molecule has 1 unspecified atom stereocenters. The third-order valence-corrected chi connectivity index (χ3v) is 4.74. The fraction of sp³-hybridized carbons (Fsp3) is 0.682. The number of nitrogens with one attached hydrogen (secondary N) is 1. The molecule has 0 aromatic heterocycles. The van der Waals surface area contributed by atoms with Crippen LogP contribution in [0.4, 0.5) is 0 Å². The van der Waals surface area contributed by atoms with E-state index in [-0.39, 0.29) is 5.91 Å². The highest BCUT2D eigenvalue weighted by Crippen LogP contribution is 2.28. The van der Waals surface area contributed by atoms with E-state index in [0.717, 1.165) is 18.4 Å². The van der Waals surface area contributed by atoms with E-state index in [2.05, 4.69) is 5.32 Å². The van der Waals surface area contributed by atoms with Crippen molar-refractivity contribution in [2.45, 2.75) is 31.7 Å². The van der Waals surface area contributed by atoms with Crippen molar-refractivity contribution in [2.24, 2.45) is 11.5 Å². The minimum Gasteiger partial charge on any atom is -0.487 e. The fourth-order valence-corrected chi connectivity index (χ4v) is 3.00. The molecule has 0 saturated carbocycles. The zero-order valence-corrected chi connectivity index (χ0v) is 18.3. The van der Waals surface area contributed by atoms with E-state index >= 15 is 0 Å². The molecule has 2 rings (SSSR count). The van der Waals surface area contributed by atoms with Gasteiger partial charge in [-0.1, -0.05) is 12.5 Å². The Morgan fingerprint density at radius 2 is 1.52 bits per heavy atom. The molecule has 1 heterocycles. The minimum atomic E-state index is -0.495. The molecule has 176 valence electrons. The predicted molar refractivity (Wildman–Crippen MR) is 117 cm³/mol. The normalized spacial score (nSPS) is 17.2. The second-order valence-electron chi connectivity index (χ2n) is 7.25. The third-order valence-electron chi connectivity index (χ3n) is 4.74. The highest BCUT2D eigenvalue weighted by Gasteiger charge is 2.13. The van der Waals surface area contributed by atoms with Crippen molar-refractivity contribution < 1.29 is 28.5 Å². The van der Waals surface area contributed by atoms with Gasteiger partial charge in [0.1, 0.15) is 13.2 Å². The SMILES string of the molecule is NCCCCC(N)C(=O)NCCc1ccc2c(c1)OCCOCCOCCOCCO2. The summed E-state index contributed by atoms with van der Waals surface area (Å²) in [5.41, 5.74) is 12.4. The third kappa shape index (κ3) is 10.8. The van der Waals surface area contributed by atoms with Crippen molar-refractivity contribution in [3.05, 3.63) is 23.8 Å². The summed E-state index contributed by atoms with van der Waals surface area (Å²) in [6, 6.07) is 5.29. The number of unbranched alkanes of at least 4 members (excludes halogenated alkanes) is 1. The molecular formula is C22H37N3O6. The number of hydrogen-bond donors (Lipinski definition) is 3. The maximum Gasteiger partial charge on any atom is 0.236 e. The molecule has 1 atom stereocenters. The largest absolute Gasteiger partial charge is 0.487 e. The van der Waals surface area contributed by atoms with Crippen LogP contribution in [0.3, 0.4) is 0 Å². The van der Waals surface area contributed by atoms with Crippen LogP contribution in [0.5, 0.6) is 11.5 Å². The molecular weight excluding hydrogens is 402 g/mol. The maximum atomic E-state index is 12.1. The lowest BCUT2D eigenvalue weighted by Gasteiger charge is -2.15. The first-order valence-corrected chi connectivity index (χ1v) is 11.1. The van der Waals surface area contributed by atoms with Crippen LogP contribution < -0.4 is 26.3 Å². The number of ether oxygens (including phenoxy) is 5. The van der Waals surface area contributed by atoms with Crippen LogP contribution in [0.1, 0.15) is 24.8 Å². The Kier molecular flexibility index (Phi) is 12.9. The van der Waals surface area contributed by atoms with Gasteiger partial charge in [-0.25, -0.2) is 0 Å². The molecule has 0 fully saturated rings. The van der Waals surface area contributed by atoms with Gasteiger partial charge in [-0.2, -0.15) is 0 Å². The number of nitrogens with two attached hydrogens (primary N) is 2. The number of hydrogen-bond acceptors (Lipinski definition) is 8. The van der Waals surface area contributed by atoms with Gasteiger partial charge in [0.2, 0.25) is 5.91 Å².